The van der Waals surface area contributed by atoms with Gasteiger partial charge in [0, 0.05) is 12.8 Å². The number of rotatable bonds is 45. The monoisotopic (exact) mass is 823 g/mol. The van der Waals surface area contributed by atoms with E-state index in [2.05, 4.69) is 86.8 Å². The Morgan fingerprint density at radius 2 is 0.729 bits per heavy atom. The van der Waals surface area contributed by atoms with Crippen molar-refractivity contribution in [2.75, 3.05) is 13.2 Å². The summed E-state index contributed by atoms with van der Waals surface area (Å²) >= 11 is 0. The molecule has 0 aromatic carbocycles. The van der Waals surface area contributed by atoms with Crippen molar-refractivity contribution in [1.82, 2.24) is 0 Å². The highest BCUT2D eigenvalue weighted by molar-refractivity contribution is 5.70. The number of allylic oxidation sites excluding steroid dienone is 12. The Kier molecular flexibility index (Phi) is 47.5. The van der Waals surface area contributed by atoms with Crippen molar-refractivity contribution in [2.24, 2.45) is 0 Å². The highest BCUT2D eigenvalue weighted by Gasteiger charge is 2.16. The van der Waals surface area contributed by atoms with Crippen LogP contribution in [0.15, 0.2) is 72.9 Å². The van der Waals surface area contributed by atoms with Gasteiger partial charge in [0.1, 0.15) is 6.61 Å². The molecule has 0 aliphatic heterocycles. The lowest BCUT2D eigenvalue weighted by Crippen LogP contribution is -2.28. The molecule has 0 aromatic rings. The van der Waals surface area contributed by atoms with E-state index in [0.29, 0.717) is 12.8 Å². The zero-order valence-corrected chi connectivity index (χ0v) is 38.7. The van der Waals surface area contributed by atoms with E-state index in [1.807, 2.05) is 0 Å². The Morgan fingerprint density at radius 3 is 1.10 bits per heavy atom. The van der Waals surface area contributed by atoms with Crippen molar-refractivity contribution >= 4 is 11.9 Å². The lowest BCUT2D eigenvalue weighted by atomic mass is 10.0. The third kappa shape index (κ3) is 47.9. The average molecular weight is 823 g/mol. The number of hydrogen-bond acceptors (Lipinski definition) is 5. The molecule has 1 unspecified atom stereocenters. The molecule has 1 atom stereocenters. The van der Waals surface area contributed by atoms with Gasteiger partial charge < -0.3 is 14.6 Å². The van der Waals surface area contributed by atoms with Gasteiger partial charge in [0.15, 0.2) is 6.10 Å². The zero-order chi connectivity index (χ0) is 42.8. The van der Waals surface area contributed by atoms with Gasteiger partial charge in [-0.3, -0.25) is 9.59 Å². The van der Waals surface area contributed by atoms with Crippen LogP contribution in [0, 0.1) is 0 Å². The van der Waals surface area contributed by atoms with Gasteiger partial charge in [-0.05, 0) is 64.2 Å². The average Bonchev–Trinajstić information content (AvgIpc) is 3.24. The highest BCUT2D eigenvalue weighted by Crippen LogP contribution is 2.16. The summed E-state index contributed by atoms with van der Waals surface area (Å²) in [6.07, 6.45) is 67.2. The first-order chi connectivity index (χ1) is 29.1. The molecule has 0 radical (unpaired) electrons. The summed E-state index contributed by atoms with van der Waals surface area (Å²) in [6, 6.07) is 0. The second-order valence-electron chi connectivity index (χ2n) is 16.5. The number of hydrogen-bond donors (Lipinski definition) is 1. The Labute approximate surface area is 365 Å². The van der Waals surface area contributed by atoms with Crippen molar-refractivity contribution in [3.8, 4) is 0 Å². The lowest BCUT2D eigenvalue weighted by molar-refractivity contribution is -0.161. The third-order valence-electron chi connectivity index (χ3n) is 10.8. The third-order valence-corrected chi connectivity index (χ3v) is 10.8. The van der Waals surface area contributed by atoms with Crippen molar-refractivity contribution in [3.05, 3.63) is 72.9 Å². The molecule has 0 spiro atoms. The molecule has 59 heavy (non-hydrogen) atoms. The van der Waals surface area contributed by atoms with Gasteiger partial charge in [-0.25, -0.2) is 0 Å². The topological polar surface area (TPSA) is 72.8 Å². The van der Waals surface area contributed by atoms with Gasteiger partial charge in [-0.15, -0.1) is 0 Å². The zero-order valence-electron chi connectivity index (χ0n) is 38.7. The quantitative estimate of drug-likeness (QED) is 0.0376. The minimum atomic E-state index is -0.769. The summed E-state index contributed by atoms with van der Waals surface area (Å²) in [5.41, 5.74) is 0. The fraction of sp³-hybridized carbons (Fsp3) is 0.741. The minimum Gasteiger partial charge on any atom is -0.462 e. The number of aliphatic hydroxyl groups excluding tert-OH is 1. The maximum Gasteiger partial charge on any atom is 0.306 e. The molecular weight excluding hydrogens is 729 g/mol. The molecule has 0 heterocycles. The Hall–Kier alpha value is -2.66. The fourth-order valence-corrected chi connectivity index (χ4v) is 7.03. The number of aliphatic hydroxyl groups is 1. The van der Waals surface area contributed by atoms with Crippen LogP contribution >= 0.6 is 0 Å². The van der Waals surface area contributed by atoms with Gasteiger partial charge in [-0.2, -0.15) is 0 Å². The molecule has 0 aliphatic rings. The number of carbonyl (C=O) groups excluding carboxylic acids is 2. The fourth-order valence-electron chi connectivity index (χ4n) is 7.03. The predicted octanol–water partition coefficient (Wildman–Crippen LogP) is 16.5. The van der Waals surface area contributed by atoms with Crippen LogP contribution in [-0.4, -0.2) is 36.4 Å². The van der Waals surface area contributed by atoms with Gasteiger partial charge >= 0.3 is 11.9 Å². The second-order valence-corrected chi connectivity index (χ2v) is 16.5. The molecule has 0 amide bonds. The van der Waals surface area contributed by atoms with E-state index in [1.165, 1.54) is 135 Å². The summed E-state index contributed by atoms with van der Waals surface area (Å²) in [6.45, 7) is 4.02. The maximum atomic E-state index is 12.2. The first-order valence-electron chi connectivity index (χ1n) is 25.0. The van der Waals surface area contributed by atoms with Crippen molar-refractivity contribution < 1.29 is 24.2 Å². The SMILES string of the molecule is CC/C=C\C/C=C\C/C=C\C/C=C\C/C=C\C/C=C\CCCCCCCCCCCCCCCCCCC(=O)OC(CO)COC(=O)CCCCCCCCCCCC. The lowest BCUT2D eigenvalue weighted by Gasteiger charge is -2.15. The van der Waals surface area contributed by atoms with Crippen LogP contribution in [0.25, 0.3) is 0 Å². The maximum absolute atomic E-state index is 12.2. The van der Waals surface area contributed by atoms with E-state index in [4.69, 9.17) is 9.47 Å². The standard InChI is InChI=1S/C54H94O5/c1-3-5-7-9-11-13-15-16-17-18-19-20-21-22-23-24-25-26-27-28-29-30-31-32-33-34-35-36-37-38-39-41-43-45-47-49-54(57)59-52(50-55)51-58-53(56)48-46-44-42-40-14-12-10-8-6-4-2/h5,7,11,13,16-17,19-20,22-23,25-26,52,55H,3-4,6,8-10,12,14-15,18,21,24,27-51H2,1-2H3/b7-5-,13-11-,17-16-,20-19-,23-22-,26-25-. The first kappa shape index (κ1) is 56.3. The second kappa shape index (κ2) is 49.7. The van der Waals surface area contributed by atoms with E-state index < -0.39 is 6.10 Å². The summed E-state index contributed by atoms with van der Waals surface area (Å²) in [7, 11) is 0. The molecule has 5 heteroatoms. The molecule has 1 N–H and O–H groups in total. The van der Waals surface area contributed by atoms with Crippen LogP contribution in [-0.2, 0) is 19.1 Å². The van der Waals surface area contributed by atoms with E-state index in [1.54, 1.807) is 0 Å². The van der Waals surface area contributed by atoms with E-state index >= 15 is 0 Å². The Morgan fingerprint density at radius 1 is 0.407 bits per heavy atom. The predicted molar refractivity (Wildman–Crippen MR) is 256 cm³/mol. The van der Waals surface area contributed by atoms with Crippen LogP contribution in [0.4, 0.5) is 0 Å². The molecule has 0 aromatic heterocycles. The Balaban J connectivity index is 3.46. The van der Waals surface area contributed by atoms with Crippen LogP contribution in [0.1, 0.15) is 239 Å². The van der Waals surface area contributed by atoms with Crippen LogP contribution in [0.5, 0.6) is 0 Å². The van der Waals surface area contributed by atoms with E-state index in [0.717, 1.165) is 77.0 Å². The molecule has 0 aliphatic carbocycles. The van der Waals surface area contributed by atoms with Gasteiger partial charge in [0.2, 0.25) is 0 Å². The summed E-state index contributed by atoms with van der Waals surface area (Å²) < 4.78 is 10.6. The first-order valence-corrected chi connectivity index (χ1v) is 25.0. The number of carbonyl (C=O) groups is 2. The molecule has 0 fully saturated rings. The summed E-state index contributed by atoms with van der Waals surface area (Å²) in [5.74, 6) is -0.587. The van der Waals surface area contributed by atoms with Crippen LogP contribution < -0.4 is 0 Å². The largest absolute Gasteiger partial charge is 0.462 e. The highest BCUT2D eigenvalue weighted by atomic mass is 16.6. The van der Waals surface area contributed by atoms with Crippen molar-refractivity contribution in [3.63, 3.8) is 0 Å². The number of ether oxygens (including phenoxy) is 2. The van der Waals surface area contributed by atoms with E-state index in [-0.39, 0.29) is 25.2 Å². The number of esters is 2. The smallest absolute Gasteiger partial charge is 0.306 e. The summed E-state index contributed by atoms with van der Waals surface area (Å²) in [5, 5.41) is 9.58. The molecule has 0 bridgehead atoms. The summed E-state index contributed by atoms with van der Waals surface area (Å²) in [4.78, 5) is 24.3. The molecule has 0 saturated carbocycles. The van der Waals surface area contributed by atoms with Gasteiger partial charge in [0.25, 0.3) is 0 Å². The van der Waals surface area contributed by atoms with Crippen molar-refractivity contribution in [1.29, 1.82) is 0 Å². The molecular formula is C54H94O5. The van der Waals surface area contributed by atoms with E-state index in [9.17, 15) is 14.7 Å². The molecule has 0 rings (SSSR count). The molecule has 0 saturated heterocycles. The molecule has 5 nitrogen and oxygen atoms in total. The normalized spacial score (nSPS) is 12.8. The van der Waals surface area contributed by atoms with Crippen molar-refractivity contribution in [2.45, 2.75) is 245 Å². The van der Waals surface area contributed by atoms with Crippen LogP contribution in [0.3, 0.4) is 0 Å². The Bertz CT molecular complexity index is 1070. The van der Waals surface area contributed by atoms with Crippen LogP contribution in [0.2, 0.25) is 0 Å². The van der Waals surface area contributed by atoms with Gasteiger partial charge in [0.05, 0.1) is 6.61 Å². The van der Waals surface area contributed by atoms with Gasteiger partial charge in [-0.1, -0.05) is 234 Å². The number of unbranched alkanes of at least 4 members (excludes halogenated alkanes) is 25. The minimum absolute atomic E-state index is 0.0638. The molecule has 340 valence electrons.